The van der Waals surface area contributed by atoms with Crippen molar-refractivity contribution in [2.75, 3.05) is 13.7 Å². The van der Waals surface area contributed by atoms with Crippen LogP contribution in [0.3, 0.4) is 0 Å². The molecule has 0 aliphatic rings. The van der Waals surface area contributed by atoms with E-state index in [1.54, 1.807) is 6.08 Å². The lowest BCUT2D eigenvalue weighted by Crippen LogP contribution is -2.32. The number of carbonyl (C=O) groups excluding carboxylic acids is 1. The Labute approximate surface area is 64.1 Å². The van der Waals surface area contributed by atoms with Crippen molar-refractivity contribution < 1.29 is 9.63 Å². The molecule has 0 aliphatic carbocycles. The standard InChI is InChI=1S/C5H9ClN2O2/c1-7-5(9)8-10-4-2-3-6/h2-3H,4H2,1H3,(H2,7,8,9)/b3-2+. The fourth-order valence-electron chi connectivity index (χ4n) is 0.243. The number of hydrogen-bond acceptors (Lipinski definition) is 2. The molecule has 2 N–H and O–H groups in total. The van der Waals surface area contributed by atoms with E-state index < -0.39 is 0 Å². The van der Waals surface area contributed by atoms with Crippen LogP contribution in [0.15, 0.2) is 11.6 Å². The molecule has 0 rings (SSSR count). The van der Waals surface area contributed by atoms with Gasteiger partial charge in [0.2, 0.25) is 0 Å². The van der Waals surface area contributed by atoms with Gasteiger partial charge in [-0.2, -0.15) is 0 Å². The molecule has 0 aromatic heterocycles. The molecule has 0 fully saturated rings. The molecule has 5 heteroatoms. The van der Waals surface area contributed by atoms with Crippen LogP contribution < -0.4 is 10.8 Å². The number of carbonyl (C=O) groups is 1. The number of halogens is 1. The number of hydroxylamine groups is 1. The van der Waals surface area contributed by atoms with E-state index in [1.807, 2.05) is 0 Å². The number of amides is 2. The minimum absolute atomic E-state index is 0.261. The first kappa shape index (κ1) is 9.26. The van der Waals surface area contributed by atoms with E-state index in [9.17, 15) is 4.79 Å². The van der Waals surface area contributed by atoms with E-state index in [0.29, 0.717) is 0 Å². The second-order valence-electron chi connectivity index (χ2n) is 1.35. The van der Waals surface area contributed by atoms with E-state index in [0.717, 1.165) is 0 Å². The molecule has 0 aromatic carbocycles. The third-order valence-electron chi connectivity index (χ3n) is 0.661. The molecule has 10 heavy (non-hydrogen) atoms. The molecule has 0 saturated heterocycles. The van der Waals surface area contributed by atoms with Crippen LogP contribution in [0.4, 0.5) is 4.79 Å². The van der Waals surface area contributed by atoms with E-state index in [2.05, 4.69) is 15.6 Å². The summed E-state index contributed by atoms with van der Waals surface area (Å²) in [6.07, 6.45) is 1.55. The molecule has 0 atom stereocenters. The zero-order valence-corrected chi connectivity index (χ0v) is 6.31. The Balaban J connectivity index is 3.11. The molecule has 0 unspecified atom stereocenters. The van der Waals surface area contributed by atoms with E-state index >= 15 is 0 Å². The highest BCUT2D eigenvalue weighted by Gasteiger charge is 1.90. The Morgan fingerprint density at radius 3 is 3.00 bits per heavy atom. The van der Waals surface area contributed by atoms with Crippen molar-refractivity contribution in [2.45, 2.75) is 0 Å². The van der Waals surface area contributed by atoms with Crippen LogP contribution in [0.25, 0.3) is 0 Å². The fraction of sp³-hybridized carbons (Fsp3) is 0.400. The molecule has 0 radical (unpaired) electrons. The van der Waals surface area contributed by atoms with Crippen molar-refractivity contribution in [1.29, 1.82) is 0 Å². The summed E-state index contributed by atoms with van der Waals surface area (Å²) in [4.78, 5) is 15.0. The summed E-state index contributed by atoms with van der Waals surface area (Å²) in [7, 11) is 1.50. The van der Waals surface area contributed by atoms with Crippen molar-refractivity contribution in [1.82, 2.24) is 10.8 Å². The number of urea groups is 1. The van der Waals surface area contributed by atoms with Gasteiger partial charge in [-0.1, -0.05) is 11.6 Å². The number of hydrogen-bond donors (Lipinski definition) is 2. The average molecular weight is 165 g/mol. The van der Waals surface area contributed by atoms with Gasteiger partial charge in [0.05, 0.1) is 6.61 Å². The Morgan fingerprint density at radius 2 is 2.50 bits per heavy atom. The van der Waals surface area contributed by atoms with Gasteiger partial charge in [-0.15, -0.1) is 0 Å². The van der Waals surface area contributed by atoms with Gasteiger partial charge in [0.25, 0.3) is 0 Å². The van der Waals surface area contributed by atoms with E-state index in [4.69, 9.17) is 11.6 Å². The Kier molecular flexibility index (Phi) is 5.91. The summed E-state index contributed by atoms with van der Waals surface area (Å²) >= 11 is 5.16. The highest BCUT2D eigenvalue weighted by atomic mass is 35.5. The van der Waals surface area contributed by atoms with Gasteiger partial charge in [-0.3, -0.25) is 4.84 Å². The lowest BCUT2D eigenvalue weighted by Gasteiger charge is -2.00. The molecular weight excluding hydrogens is 156 g/mol. The van der Waals surface area contributed by atoms with Crippen LogP contribution in [-0.4, -0.2) is 19.7 Å². The molecule has 4 nitrogen and oxygen atoms in total. The zero-order valence-electron chi connectivity index (χ0n) is 5.56. The minimum Gasteiger partial charge on any atom is -0.339 e. The van der Waals surface area contributed by atoms with Gasteiger partial charge in [0.15, 0.2) is 0 Å². The summed E-state index contributed by atoms with van der Waals surface area (Å²) in [5.74, 6) is 0. The van der Waals surface area contributed by atoms with Gasteiger partial charge < -0.3 is 5.32 Å². The second-order valence-corrected chi connectivity index (χ2v) is 1.61. The molecular formula is C5H9ClN2O2. The van der Waals surface area contributed by atoms with Gasteiger partial charge in [-0.05, 0) is 6.08 Å². The largest absolute Gasteiger partial charge is 0.339 e. The van der Waals surface area contributed by atoms with Gasteiger partial charge >= 0.3 is 6.03 Å². The minimum atomic E-state index is -0.386. The van der Waals surface area contributed by atoms with Crippen LogP contribution >= 0.6 is 11.6 Å². The van der Waals surface area contributed by atoms with Crippen LogP contribution in [0.5, 0.6) is 0 Å². The maximum absolute atomic E-state index is 10.4. The average Bonchev–Trinajstić information content (AvgIpc) is 1.98. The molecule has 0 aliphatic heterocycles. The SMILES string of the molecule is CNC(=O)NOC/C=C/Cl. The summed E-state index contributed by atoms with van der Waals surface area (Å²) in [5.41, 5.74) is 3.42. The molecule has 0 heterocycles. The summed E-state index contributed by atoms with van der Waals surface area (Å²) in [5, 5.41) is 2.31. The van der Waals surface area contributed by atoms with Gasteiger partial charge in [-0.25, -0.2) is 10.3 Å². The van der Waals surface area contributed by atoms with Crippen molar-refractivity contribution in [3.8, 4) is 0 Å². The smallest absolute Gasteiger partial charge is 0.338 e. The van der Waals surface area contributed by atoms with Crippen LogP contribution in [0.2, 0.25) is 0 Å². The molecule has 58 valence electrons. The predicted octanol–water partition coefficient (Wildman–Crippen LogP) is 0.600. The molecule has 0 aromatic rings. The first-order valence-corrected chi connectivity index (χ1v) is 3.09. The van der Waals surface area contributed by atoms with Crippen molar-refractivity contribution in [3.05, 3.63) is 11.6 Å². The maximum Gasteiger partial charge on any atom is 0.338 e. The molecule has 0 spiro atoms. The number of nitrogens with one attached hydrogen (secondary N) is 2. The Hall–Kier alpha value is -0.740. The highest BCUT2D eigenvalue weighted by Crippen LogP contribution is 1.77. The van der Waals surface area contributed by atoms with E-state index in [1.165, 1.54) is 12.6 Å². The molecule has 0 bridgehead atoms. The highest BCUT2D eigenvalue weighted by molar-refractivity contribution is 6.25. The Bertz CT molecular complexity index is 127. The summed E-state index contributed by atoms with van der Waals surface area (Å²) in [6.45, 7) is 0.261. The first-order chi connectivity index (χ1) is 4.81. The van der Waals surface area contributed by atoms with Crippen molar-refractivity contribution >= 4 is 17.6 Å². The molecule has 0 saturated carbocycles. The number of rotatable bonds is 3. The Morgan fingerprint density at radius 1 is 1.80 bits per heavy atom. The van der Waals surface area contributed by atoms with Gasteiger partial charge in [0.1, 0.15) is 0 Å². The van der Waals surface area contributed by atoms with Crippen molar-refractivity contribution in [2.24, 2.45) is 0 Å². The van der Waals surface area contributed by atoms with Crippen molar-refractivity contribution in [3.63, 3.8) is 0 Å². The lowest BCUT2D eigenvalue weighted by molar-refractivity contribution is 0.0824. The molecule has 2 amide bonds. The first-order valence-electron chi connectivity index (χ1n) is 2.66. The third-order valence-corrected chi connectivity index (χ3v) is 0.839. The topological polar surface area (TPSA) is 50.4 Å². The summed E-state index contributed by atoms with van der Waals surface area (Å²) < 4.78 is 0. The van der Waals surface area contributed by atoms with Crippen LogP contribution in [0, 0.1) is 0 Å². The monoisotopic (exact) mass is 164 g/mol. The fourth-order valence-corrected chi connectivity index (χ4v) is 0.315. The second kappa shape index (κ2) is 6.38. The van der Waals surface area contributed by atoms with Crippen LogP contribution in [0.1, 0.15) is 0 Å². The van der Waals surface area contributed by atoms with E-state index in [-0.39, 0.29) is 12.6 Å². The predicted molar refractivity (Wildman–Crippen MR) is 38.5 cm³/mol. The third kappa shape index (κ3) is 5.40. The quantitative estimate of drug-likeness (QED) is 0.474. The normalized spacial score (nSPS) is 9.80. The summed E-state index contributed by atoms with van der Waals surface area (Å²) in [6, 6.07) is -0.386. The van der Waals surface area contributed by atoms with Crippen LogP contribution in [-0.2, 0) is 4.84 Å². The maximum atomic E-state index is 10.4. The van der Waals surface area contributed by atoms with Gasteiger partial charge in [0, 0.05) is 12.6 Å². The lowest BCUT2D eigenvalue weighted by atomic mass is 10.7. The zero-order chi connectivity index (χ0) is 7.82.